The van der Waals surface area contributed by atoms with Crippen LogP contribution < -0.4 is 11.5 Å². The highest BCUT2D eigenvalue weighted by molar-refractivity contribution is 5.73. The average molecular weight is 296 g/mol. The first kappa shape index (κ1) is 14.1. The number of nitrogen functional groups attached to an aromatic ring is 2. The van der Waals surface area contributed by atoms with Crippen molar-refractivity contribution in [1.29, 1.82) is 0 Å². The maximum atomic E-state index is 14.4. The lowest BCUT2D eigenvalue weighted by Gasteiger charge is -2.09. The summed E-state index contributed by atoms with van der Waals surface area (Å²) in [6.07, 6.45) is 0. The zero-order valence-corrected chi connectivity index (χ0v) is 11.7. The molecule has 0 saturated carbocycles. The van der Waals surface area contributed by atoms with E-state index in [0.29, 0.717) is 22.5 Å². The summed E-state index contributed by atoms with van der Waals surface area (Å²) in [5.41, 5.74) is 13.9. The second-order valence-corrected chi connectivity index (χ2v) is 5.03. The lowest BCUT2D eigenvalue weighted by Crippen LogP contribution is -1.94. The third-order valence-corrected chi connectivity index (χ3v) is 3.53. The maximum absolute atomic E-state index is 14.4. The van der Waals surface area contributed by atoms with Gasteiger partial charge in [0.15, 0.2) is 11.6 Å². The molecule has 0 aliphatic carbocycles. The molecule has 0 saturated heterocycles. The quantitative estimate of drug-likeness (QED) is 0.686. The molecule has 4 heteroatoms. The first-order valence-electron chi connectivity index (χ1n) is 6.76. The summed E-state index contributed by atoms with van der Waals surface area (Å²) in [5.74, 6) is -1.75. The molecule has 0 aliphatic heterocycles. The van der Waals surface area contributed by atoms with E-state index >= 15 is 0 Å². The van der Waals surface area contributed by atoms with Gasteiger partial charge < -0.3 is 11.5 Å². The minimum Gasteiger partial charge on any atom is -0.399 e. The minimum atomic E-state index is -0.876. The molecule has 0 bridgehead atoms. The third kappa shape index (κ3) is 2.51. The molecule has 3 aromatic carbocycles. The molecule has 0 heterocycles. The van der Waals surface area contributed by atoms with Crippen molar-refractivity contribution in [2.45, 2.75) is 0 Å². The lowest BCUT2D eigenvalue weighted by atomic mass is 9.98. The van der Waals surface area contributed by atoms with E-state index in [2.05, 4.69) is 0 Å². The van der Waals surface area contributed by atoms with Gasteiger partial charge in [0.1, 0.15) is 0 Å². The van der Waals surface area contributed by atoms with Crippen molar-refractivity contribution in [3.63, 3.8) is 0 Å². The second-order valence-electron chi connectivity index (χ2n) is 5.03. The van der Waals surface area contributed by atoms with Gasteiger partial charge in [-0.25, -0.2) is 8.78 Å². The Kier molecular flexibility index (Phi) is 3.51. The predicted molar refractivity (Wildman–Crippen MR) is 86.1 cm³/mol. The SMILES string of the molecule is Nc1ccc(-c2ccc(-c3ccc(N)cc3)c(F)c2F)cc1. The second kappa shape index (κ2) is 5.48. The Hall–Kier alpha value is -2.88. The zero-order valence-electron chi connectivity index (χ0n) is 11.7. The van der Waals surface area contributed by atoms with Crippen molar-refractivity contribution in [2.75, 3.05) is 11.5 Å². The molecule has 0 unspecified atom stereocenters. The van der Waals surface area contributed by atoms with E-state index < -0.39 is 11.6 Å². The van der Waals surface area contributed by atoms with E-state index in [1.807, 2.05) is 0 Å². The molecule has 110 valence electrons. The predicted octanol–water partition coefficient (Wildman–Crippen LogP) is 4.46. The highest BCUT2D eigenvalue weighted by atomic mass is 19.2. The fraction of sp³-hybridized carbons (Fsp3) is 0. The van der Waals surface area contributed by atoms with Gasteiger partial charge in [-0.3, -0.25) is 0 Å². The molecule has 3 aromatic rings. The van der Waals surface area contributed by atoms with Gasteiger partial charge in [0, 0.05) is 22.5 Å². The number of hydrogen-bond acceptors (Lipinski definition) is 2. The van der Waals surface area contributed by atoms with Crippen LogP contribution in [0, 0.1) is 11.6 Å². The van der Waals surface area contributed by atoms with Crippen molar-refractivity contribution < 1.29 is 8.78 Å². The molecule has 0 radical (unpaired) electrons. The Labute approximate surface area is 127 Å². The summed E-state index contributed by atoms with van der Waals surface area (Å²) >= 11 is 0. The Balaban J connectivity index is 2.08. The summed E-state index contributed by atoms with van der Waals surface area (Å²) in [6, 6.07) is 16.4. The summed E-state index contributed by atoms with van der Waals surface area (Å²) < 4.78 is 28.8. The van der Waals surface area contributed by atoms with E-state index in [4.69, 9.17) is 11.5 Å². The van der Waals surface area contributed by atoms with E-state index in [9.17, 15) is 8.78 Å². The van der Waals surface area contributed by atoms with E-state index in [0.717, 1.165) is 0 Å². The number of benzene rings is 3. The monoisotopic (exact) mass is 296 g/mol. The van der Waals surface area contributed by atoms with E-state index in [1.54, 1.807) is 60.7 Å². The van der Waals surface area contributed by atoms with Crippen molar-refractivity contribution >= 4 is 11.4 Å². The number of anilines is 2. The topological polar surface area (TPSA) is 52.0 Å². The van der Waals surface area contributed by atoms with Crippen LogP contribution in [0.2, 0.25) is 0 Å². The number of halogens is 2. The zero-order chi connectivity index (χ0) is 15.7. The smallest absolute Gasteiger partial charge is 0.167 e. The third-order valence-electron chi connectivity index (χ3n) is 3.53. The lowest BCUT2D eigenvalue weighted by molar-refractivity contribution is 0.514. The van der Waals surface area contributed by atoms with Gasteiger partial charge in [0.2, 0.25) is 0 Å². The van der Waals surface area contributed by atoms with Gasteiger partial charge in [-0.15, -0.1) is 0 Å². The van der Waals surface area contributed by atoms with Gasteiger partial charge in [-0.2, -0.15) is 0 Å². The largest absolute Gasteiger partial charge is 0.399 e. The van der Waals surface area contributed by atoms with Crippen LogP contribution in [0.1, 0.15) is 0 Å². The normalized spacial score (nSPS) is 10.6. The number of hydrogen-bond donors (Lipinski definition) is 2. The first-order chi connectivity index (χ1) is 10.6. The molecule has 0 fully saturated rings. The highest BCUT2D eigenvalue weighted by Crippen LogP contribution is 2.31. The molecule has 2 nitrogen and oxygen atoms in total. The molecule has 3 rings (SSSR count). The van der Waals surface area contributed by atoms with Crippen molar-refractivity contribution in [2.24, 2.45) is 0 Å². The molecule has 0 aromatic heterocycles. The molecule has 0 atom stereocenters. The molecule has 0 aliphatic rings. The Morgan fingerprint density at radius 1 is 0.500 bits per heavy atom. The van der Waals surface area contributed by atoms with Crippen LogP contribution in [0.4, 0.5) is 20.2 Å². The van der Waals surface area contributed by atoms with Gasteiger partial charge >= 0.3 is 0 Å². The summed E-state index contributed by atoms with van der Waals surface area (Å²) in [4.78, 5) is 0. The van der Waals surface area contributed by atoms with Crippen molar-refractivity contribution in [1.82, 2.24) is 0 Å². The maximum Gasteiger partial charge on any atom is 0.167 e. The van der Waals surface area contributed by atoms with Crippen LogP contribution in [-0.2, 0) is 0 Å². The molecule has 22 heavy (non-hydrogen) atoms. The van der Waals surface area contributed by atoms with Crippen LogP contribution in [0.5, 0.6) is 0 Å². The fourth-order valence-electron chi connectivity index (χ4n) is 2.32. The van der Waals surface area contributed by atoms with Crippen LogP contribution in [0.25, 0.3) is 22.3 Å². The standard InChI is InChI=1S/C18H14F2N2/c19-17-15(11-1-5-13(21)6-2-11)9-10-16(18(17)20)12-3-7-14(22)8-4-12/h1-10H,21-22H2. The molecule has 4 N–H and O–H groups in total. The van der Waals surface area contributed by atoms with Crippen LogP contribution >= 0.6 is 0 Å². The summed E-state index contributed by atoms with van der Waals surface area (Å²) in [6.45, 7) is 0. The Morgan fingerprint density at radius 2 is 0.818 bits per heavy atom. The van der Waals surface area contributed by atoms with Crippen LogP contribution in [0.3, 0.4) is 0 Å². The highest BCUT2D eigenvalue weighted by Gasteiger charge is 2.15. The molecule has 0 amide bonds. The Bertz CT molecular complexity index is 739. The van der Waals surface area contributed by atoms with Gasteiger partial charge in [-0.05, 0) is 35.4 Å². The van der Waals surface area contributed by atoms with E-state index in [1.165, 1.54) is 0 Å². The average Bonchev–Trinajstić information content (AvgIpc) is 2.52. The van der Waals surface area contributed by atoms with Gasteiger partial charge in [0.25, 0.3) is 0 Å². The number of rotatable bonds is 2. The molecular weight excluding hydrogens is 282 g/mol. The first-order valence-corrected chi connectivity index (χ1v) is 6.76. The minimum absolute atomic E-state index is 0.205. The Morgan fingerprint density at radius 3 is 1.14 bits per heavy atom. The fourth-order valence-corrected chi connectivity index (χ4v) is 2.32. The van der Waals surface area contributed by atoms with Crippen LogP contribution in [-0.4, -0.2) is 0 Å². The van der Waals surface area contributed by atoms with Crippen LogP contribution in [0.15, 0.2) is 60.7 Å². The number of nitrogens with two attached hydrogens (primary N) is 2. The molecule has 0 spiro atoms. The summed E-state index contributed by atoms with van der Waals surface area (Å²) in [7, 11) is 0. The summed E-state index contributed by atoms with van der Waals surface area (Å²) in [5, 5.41) is 0. The van der Waals surface area contributed by atoms with Gasteiger partial charge in [-0.1, -0.05) is 36.4 Å². The molecular formula is C18H14F2N2. The van der Waals surface area contributed by atoms with E-state index in [-0.39, 0.29) is 11.1 Å². The van der Waals surface area contributed by atoms with Crippen molar-refractivity contribution in [3.05, 3.63) is 72.3 Å². The van der Waals surface area contributed by atoms with Crippen molar-refractivity contribution in [3.8, 4) is 22.3 Å². The van der Waals surface area contributed by atoms with Gasteiger partial charge in [0.05, 0.1) is 0 Å².